The summed E-state index contributed by atoms with van der Waals surface area (Å²) < 4.78 is 24.1. The highest BCUT2D eigenvalue weighted by Crippen LogP contribution is 2.37. The molecule has 1 N–H and O–H groups in total. The molecule has 0 spiro atoms. The molecular weight excluding hydrogens is 744 g/mol. The lowest BCUT2D eigenvalue weighted by atomic mass is 9.93. The quantitative estimate of drug-likeness (QED) is 0.0868. The van der Waals surface area contributed by atoms with E-state index in [-0.39, 0.29) is 25.2 Å². The first kappa shape index (κ1) is 41.5. The summed E-state index contributed by atoms with van der Waals surface area (Å²) in [6.45, 7) is 7.76. The second-order valence-electron chi connectivity index (χ2n) is 14.8. The van der Waals surface area contributed by atoms with Gasteiger partial charge < -0.3 is 24.1 Å². The molecule has 2 atom stereocenters. The average molecular weight is 795 g/mol. The Morgan fingerprint density at radius 3 is 2.32 bits per heavy atom. The van der Waals surface area contributed by atoms with Crippen LogP contribution in [0.25, 0.3) is 11.1 Å². The number of esters is 1. The van der Waals surface area contributed by atoms with Gasteiger partial charge in [0.2, 0.25) is 0 Å². The normalized spacial score (nSPS) is 17.4. The number of likely N-dealkylation sites (tertiary alicyclic amines) is 2. The van der Waals surface area contributed by atoms with Gasteiger partial charge >= 0.3 is 11.9 Å². The zero-order chi connectivity index (χ0) is 40.3. The third-order valence-electron chi connectivity index (χ3n) is 11.0. The molecular formula is C45H51ClN4O7. The van der Waals surface area contributed by atoms with Gasteiger partial charge in [0.15, 0.2) is 0 Å². The van der Waals surface area contributed by atoms with Crippen LogP contribution in [0.4, 0.5) is 0 Å². The molecule has 0 saturated carbocycles. The molecule has 3 heterocycles. The molecule has 2 saturated heterocycles. The zero-order valence-electron chi connectivity index (χ0n) is 33.0. The summed E-state index contributed by atoms with van der Waals surface area (Å²) in [5, 5.41) is 19.7. The van der Waals surface area contributed by atoms with Gasteiger partial charge in [0.1, 0.15) is 48.6 Å². The highest BCUT2D eigenvalue weighted by molar-refractivity contribution is 6.32. The van der Waals surface area contributed by atoms with Crippen LogP contribution in [0, 0.1) is 25.2 Å². The van der Waals surface area contributed by atoms with Crippen molar-refractivity contribution in [2.45, 2.75) is 90.6 Å². The van der Waals surface area contributed by atoms with Gasteiger partial charge in [-0.25, -0.2) is 0 Å². The van der Waals surface area contributed by atoms with Gasteiger partial charge in [-0.1, -0.05) is 54.8 Å². The maximum atomic E-state index is 12.3. The van der Waals surface area contributed by atoms with E-state index in [1.807, 2.05) is 29.2 Å². The fraction of sp³-hybridized carbons (Fsp3) is 0.422. The molecule has 2 aliphatic heterocycles. The number of ether oxygens (including phenoxy) is 4. The van der Waals surface area contributed by atoms with E-state index in [2.05, 4.69) is 41.9 Å². The van der Waals surface area contributed by atoms with Crippen molar-refractivity contribution in [3.05, 3.63) is 105 Å². The van der Waals surface area contributed by atoms with Crippen molar-refractivity contribution in [2.75, 3.05) is 33.4 Å². The minimum atomic E-state index is -0.839. The Balaban J connectivity index is 1.16. The third kappa shape index (κ3) is 10.4. The number of aliphatic carboxylic acids is 1. The van der Waals surface area contributed by atoms with E-state index in [0.717, 1.165) is 96.3 Å². The van der Waals surface area contributed by atoms with Crippen molar-refractivity contribution < 1.29 is 33.6 Å². The van der Waals surface area contributed by atoms with Gasteiger partial charge in [0.25, 0.3) is 0 Å². The number of pyridine rings is 1. The van der Waals surface area contributed by atoms with Crippen molar-refractivity contribution >= 4 is 23.5 Å². The lowest BCUT2D eigenvalue weighted by Gasteiger charge is -2.33. The van der Waals surface area contributed by atoms with Crippen molar-refractivity contribution in [1.29, 1.82) is 5.26 Å². The molecule has 0 amide bonds. The number of methoxy groups -OCH3 is 1. The van der Waals surface area contributed by atoms with E-state index >= 15 is 0 Å². The number of benzene rings is 3. The van der Waals surface area contributed by atoms with Crippen LogP contribution in [0.1, 0.15) is 78.3 Å². The predicted octanol–water partition coefficient (Wildman–Crippen LogP) is 8.28. The number of rotatable bonds is 16. The van der Waals surface area contributed by atoms with Gasteiger partial charge in [0.05, 0.1) is 24.3 Å². The van der Waals surface area contributed by atoms with Crippen molar-refractivity contribution in [1.82, 2.24) is 14.8 Å². The number of hydrogen-bond acceptors (Lipinski definition) is 10. The molecule has 1 aromatic heterocycles. The topological polar surface area (TPSA) is 134 Å². The summed E-state index contributed by atoms with van der Waals surface area (Å²) in [7, 11) is 1.45. The molecule has 11 nitrogen and oxygen atoms in total. The number of carboxylic acids is 1. The van der Waals surface area contributed by atoms with Crippen LogP contribution in [0.5, 0.6) is 17.2 Å². The summed E-state index contributed by atoms with van der Waals surface area (Å²) in [4.78, 5) is 32.7. The molecule has 0 radical (unpaired) electrons. The molecule has 0 bridgehead atoms. The van der Waals surface area contributed by atoms with Gasteiger partial charge in [-0.05, 0) is 105 Å². The summed E-state index contributed by atoms with van der Waals surface area (Å²) in [5.41, 5.74) is 7.13. The minimum Gasteiger partial charge on any atom is -0.493 e. The SMILES string of the molecule is COC(=O)[C@@H]1CCCCN1CCCOc1cccc(-c2cccc(COc3cc(OCc4cncc(C#N)c4)c(CN4CCCC[C@H]4C(=O)O)cc3Cl)c2C)c1C. The van der Waals surface area contributed by atoms with Gasteiger partial charge in [-0.3, -0.25) is 24.4 Å². The fourth-order valence-electron chi connectivity index (χ4n) is 7.87. The van der Waals surface area contributed by atoms with E-state index < -0.39 is 12.0 Å². The molecule has 300 valence electrons. The van der Waals surface area contributed by atoms with E-state index in [1.54, 1.807) is 24.4 Å². The Morgan fingerprint density at radius 1 is 0.842 bits per heavy atom. The standard InChI is InChI=1S/C45H51ClN4O7/c1-30-34(11-8-12-36(30)37-13-9-16-41(31(37)2)55-20-10-19-49-17-6-5-15-40(49)45(53)54-3)29-57-43-23-42(56-28-33-21-32(24-47)25-48-26-33)35(22-38(43)46)27-50-18-7-4-14-39(50)44(51)52/h8-9,11-13,16,21-23,25-26,39-40H,4-7,10,14-15,17-20,27-29H2,1-3H3,(H,51,52)/t39-,40-/m0/s1. The van der Waals surface area contributed by atoms with Crippen molar-refractivity contribution in [2.24, 2.45) is 0 Å². The summed E-state index contributed by atoms with van der Waals surface area (Å²) in [5.74, 6) is 0.783. The van der Waals surface area contributed by atoms with Crippen LogP contribution in [0.2, 0.25) is 5.02 Å². The molecule has 0 aliphatic carbocycles. The summed E-state index contributed by atoms with van der Waals surface area (Å²) in [6.07, 6.45) is 9.27. The molecule has 2 fully saturated rings. The number of halogens is 1. The molecule has 57 heavy (non-hydrogen) atoms. The molecule has 12 heteroatoms. The number of carbonyl (C=O) groups is 2. The lowest BCUT2D eigenvalue weighted by Crippen LogP contribution is -2.45. The maximum absolute atomic E-state index is 12.3. The van der Waals surface area contributed by atoms with E-state index in [4.69, 9.17) is 30.5 Å². The van der Waals surface area contributed by atoms with Crippen LogP contribution in [-0.4, -0.2) is 77.3 Å². The van der Waals surface area contributed by atoms with Crippen molar-refractivity contribution in [3.63, 3.8) is 0 Å². The number of carboxylic acid groups (broad SMARTS) is 1. The number of aromatic nitrogens is 1. The lowest BCUT2D eigenvalue weighted by molar-refractivity contribution is -0.148. The smallest absolute Gasteiger partial charge is 0.323 e. The highest BCUT2D eigenvalue weighted by Gasteiger charge is 2.30. The number of nitriles is 1. The first-order valence-corrected chi connectivity index (χ1v) is 20.1. The Labute approximate surface area is 340 Å². The van der Waals surface area contributed by atoms with Crippen molar-refractivity contribution in [3.8, 4) is 34.4 Å². The second kappa shape index (κ2) is 19.8. The number of nitrogens with zero attached hydrogens (tertiary/aromatic N) is 4. The monoisotopic (exact) mass is 794 g/mol. The van der Waals surface area contributed by atoms with E-state index in [9.17, 15) is 20.0 Å². The average Bonchev–Trinajstić information content (AvgIpc) is 3.22. The number of piperidine rings is 2. The second-order valence-corrected chi connectivity index (χ2v) is 15.2. The zero-order valence-corrected chi connectivity index (χ0v) is 33.7. The number of carbonyl (C=O) groups excluding carboxylic acids is 1. The number of hydrogen-bond donors (Lipinski definition) is 1. The molecule has 6 rings (SSSR count). The predicted molar refractivity (Wildman–Crippen MR) is 217 cm³/mol. The van der Waals surface area contributed by atoms with E-state index in [1.165, 1.54) is 13.3 Å². The Bertz CT molecular complexity index is 2090. The third-order valence-corrected chi connectivity index (χ3v) is 11.3. The van der Waals surface area contributed by atoms with Crippen LogP contribution in [0.15, 0.2) is 67.0 Å². The largest absolute Gasteiger partial charge is 0.493 e. The minimum absolute atomic E-state index is 0.149. The van der Waals surface area contributed by atoms with Crippen LogP contribution in [-0.2, 0) is 34.1 Å². The first-order valence-electron chi connectivity index (χ1n) is 19.7. The van der Waals surface area contributed by atoms with Crippen LogP contribution in [0.3, 0.4) is 0 Å². The molecule has 2 aliphatic rings. The molecule has 4 aromatic rings. The Kier molecular flexibility index (Phi) is 14.4. The Hall–Kier alpha value is -5.15. The first-order chi connectivity index (χ1) is 27.7. The van der Waals surface area contributed by atoms with Crippen LogP contribution < -0.4 is 14.2 Å². The van der Waals surface area contributed by atoms with Gasteiger partial charge in [-0.2, -0.15) is 5.26 Å². The molecule has 0 unspecified atom stereocenters. The Morgan fingerprint density at radius 2 is 1.56 bits per heavy atom. The fourth-order valence-corrected chi connectivity index (χ4v) is 8.11. The van der Waals surface area contributed by atoms with Gasteiger partial charge in [0, 0.05) is 42.7 Å². The van der Waals surface area contributed by atoms with Gasteiger partial charge in [-0.15, -0.1) is 0 Å². The summed E-state index contributed by atoms with van der Waals surface area (Å²) >= 11 is 6.87. The molecule has 3 aromatic carbocycles. The maximum Gasteiger partial charge on any atom is 0.323 e. The van der Waals surface area contributed by atoms with E-state index in [0.29, 0.717) is 48.2 Å². The van der Waals surface area contributed by atoms with Crippen LogP contribution >= 0.6 is 11.6 Å². The summed E-state index contributed by atoms with van der Waals surface area (Å²) in [6, 6.07) is 18.9. The highest BCUT2D eigenvalue weighted by atomic mass is 35.5.